The zero-order valence-electron chi connectivity index (χ0n) is 5.78. The van der Waals surface area contributed by atoms with Gasteiger partial charge in [0.25, 0.3) is 0 Å². The minimum atomic E-state index is 0.301. The van der Waals surface area contributed by atoms with Gasteiger partial charge >= 0.3 is 0 Å². The third-order valence-corrected chi connectivity index (χ3v) is 1.59. The molecule has 1 heterocycles. The summed E-state index contributed by atoms with van der Waals surface area (Å²) >= 11 is 0. The van der Waals surface area contributed by atoms with Crippen LogP contribution in [-0.2, 0) is 0 Å². The molecule has 0 aromatic carbocycles. The summed E-state index contributed by atoms with van der Waals surface area (Å²) in [4.78, 5) is 0. The highest BCUT2D eigenvalue weighted by atomic mass is 15.7. The number of nitrogens with one attached hydrogen (secondary N) is 1. The third kappa shape index (κ3) is 0.752. The van der Waals surface area contributed by atoms with Crippen LogP contribution >= 0.6 is 0 Å². The van der Waals surface area contributed by atoms with Crippen molar-refractivity contribution in [3.63, 3.8) is 0 Å². The lowest BCUT2D eigenvalue weighted by Gasteiger charge is -2.09. The van der Waals surface area contributed by atoms with Crippen molar-refractivity contribution in [2.24, 2.45) is 5.10 Å². The van der Waals surface area contributed by atoms with Crippen LogP contribution in [0.5, 0.6) is 0 Å². The van der Waals surface area contributed by atoms with E-state index in [1.54, 1.807) is 5.12 Å². The summed E-state index contributed by atoms with van der Waals surface area (Å²) in [5.41, 5.74) is 4.24. The molecule has 0 radical (unpaired) electrons. The topological polar surface area (TPSA) is 27.6 Å². The molecule has 0 saturated carbocycles. The van der Waals surface area contributed by atoms with Gasteiger partial charge in [-0.25, -0.2) is 10.5 Å². The van der Waals surface area contributed by atoms with Crippen molar-refractivity contribution in [1.82, 2.24) is 10.5 Å². The van der Waals surface area contributed by atoms with Crippen LogP contribution in [0, 0.1) is 0 Å². The van der Waals surface area contributed by atoms with Gasteiger partial charge in [0.15, 0.2) is 0 Å². The quantitative estimate of drug-likeness (QED) is 0.517. The van der Waals surface area contributed by atoms with Gasteiger partial charge in [-0.05, 0) is 6.08 Å². The van der Waals surface area contributed by atoms with E-state index >= 15 is 0 Å². The highest BCUT2D eigenvalue weighted by Crippen LogP contribution is 2.07. The Morgan fingerprint density at radius 3 is 3.30 bits per heavy atom. The van der Waals surface area contributed by atoms with Crippen molar-refractivity contribution in [3.8, 4) is 0 Å². The second kappa shape index (κ2) is 1.95. The SMILES string of the molecule is CN1N=C2C=CC=CC2N1. The van der Waals surface area contributed by atoms with E-state index in [0.717, 1.165) is 5.71 Å². The maximum atomic E-state index is 4.21. The number of allylic oxidation sites excluding steroid dienone is 2. The molecule has 2 rings (SSSR count). The molecule has 0 aromatic rings. The molecule has 1 aliphatic heterocycles. The third-order valence-electron chi connectivity index (χ3n) is 1.59. The molecule has 1 N–H and O–H groups in total. The lowest BCUT2D eigenvalue weighted by Crippen LogP contribution is -2.34. The number of rotatable bonds is 0. The summed E-state index contributed by atoms with van der Waals surface area (Å²) in [5.74, 6) is 0. The van der Waals surface area contributed by atoms with Crippen molar-refractivity contribution >= 4 is 5.71 Å². The average Bonchev–Trinajstić information content (AvgIpc) is 2.27. The highest BCUT2D eigenvalue weighted by molar-refractivity contribution is 6.02. The number of hydrazone groups is 1. The maximum absolute atomic E-state index is 4.21. The molecule has 1 aliphatic carbocycles. The van der Waals surface area contributed by atoms with Crippen LogP contribution in [0.3, 0.4) is 0 Å². The molecule has 10 heavy (non-hydrogen) atoms. The lowest BCUT2D eigenvalue weighted by molar-refractivity contribution is 0.274. The van der Waals surface area contributed by atoms with Crippen LogP contribution in [0.1, 0.15) is 0 Å². The number of hydrogen-bond donors (Lipinski definition) is 1. The van der Waals surface area contributed by atoms with Gasteiger partial charge in [-0.3, -0.25) is 0 Å². The van der Waals surface area contributed by atoms with Crippen LogP contribution in [0.4, 0.5) is 0 Å². The Bertz CT molecular complexity index is 227. The second-order valence-corrected chi connectivity index (χ2v) is 2.40. The Morgan fingerprint density at radius 2 is 2.50 bits per heavy atom. The fourth-order valence-corrected chi connectivity index (χ4v) is 1.14. The maximum Gasteiger partial charge on any atom is 0.0901 e. The molecule has 0 spiro atoms. The minimum absolute atomic E-state index is 0.301. The molecule has 1 unspecified atom stereocenters. The van der Waals surface area contributed by atoms with Gasteiger partial charge in [0, 0.05) is 7.05 Å². The van der Waals surface area contributed by atoms with Crippen LogP contribution in [0.2, 0.25) is 0 Å². The molecule has 0 amide bonds. The smallest absolute Gasteiger partial charge is 0.0901 e. The first kappa shape index (κ1) is 5.68. The van der Waals surface area contributed by atoms with E-state index in [0.29, 0.717) is 6.04 Å². The molecule has 3 nitrogen and oxygen atoms in total. The number of hydrazine groups is 1. The zero-order valence-corrected chi connectivity index (χ0v) is 5.78. The van der Waals surface area contributed by atoms with Gasteiger partial charge in [-0.15, -0.1) is 0 Å². The Balaban J connectivity index is 2.29. The first-order valence-electron chi connectivity index (χ1n) is 3.29. The van der Waals surface area contributed by atoms with E-state index in [4.69, 9.17) is 0 Å². The predicted molar refractivity (Wildman–Crippen MR) is 40.4 cm³/mol. The summed E-state index contributed by atoms with van der Waals surface area (Å²) in [6, 6.07) is 0.301. The molecule has 2 aliphatic rings. The van der Waals surface area contributed by atoms with E-state index in [1.165, 1.54) is 0 Å². The fourth-order valence-electron chi connectivity index (χ4n) is 1.14. The summed E-state index contributed by atoms with van der Waals surface area (Å²) in [6.45, 7) is 0. The van der Waals surface area contributed by atoms with E-state index in [2.05, 4.69) is 16.6 Å². The van der Waals surface area contributed by atoms with Crippen molar-refractivity contribution in [2.75, 3.05) is 7.05 Å². The van der Waals surface area contributed by atoms with Gasteiger partial charge in [0.1, 0.15) is 0 Å². The molecule has 0 aromatic heterocycles. The molecular formula is C7H9N3. The normalized spacial score (nSPS) is 28.7. The Kier molecular flexibility index (Phi) is 1.11. The Hall–Kier alpha value is -1.09. The largest absolute Gasteiger partial charge is 0.232 e. The van der Waals surface area contributed by atoms with E-state index in [-0.39, 0.29) is 0 Å². The number of fused-ring (bicyclic) bond motifs is 1. The molecule has 52 valence electrons. The van der Waals surface area contributed by atoms with Crippen molar-refractivity contribution in [2.45, 2.75) is 6.04 Å². The summed E-state index contributed by atoms with van der Waals surface area (Å²) in [5, 5.41) is 5.95. The lowest BCUT2D eigenvalue weighted by atomic mass is 10.1. The molecule has 3 heteroatoms. The fraction of sp³-hybridized carbons (Fsp3) is 0.286. The summed E-state index contributed by atoms with van der Waals surface area (Å²) in [7, 11) is 1.90. The van der Waals surface area contributed by atoms with E-state index in [9.17, 15) is 0 Å². The van der Waals surface area contributed by atoms with Crippen LogP contribution in [0.25, 0.3) is 0 Å². The first-order valence-corrected chi connectivity index (χ1v) is 3.29. The summed E-state index contributed by atoms with van der Waals surface area (Å²) in [6.07, 6.45) is 8.12. The van der Waals surface area contributed by atoms with Crippen molar-refractivity contribution in [1.29, 1.82) is 0 Å². The second-order valence-electron chi connectivity index (χ2n) is 2.40. The first-order chi connectivity index (χ1) is 4.86. The van der Waals surface area contributed by atoms with Crippen LogP contribution in [-0.4, -0.2) is 23.9 Å². The van der Waals surface area contributed by atoms with Crippen LogP contribution < -0.4 is 5.43 Å². The number of nitrogens with zero attached hydrogens (tertiary/aromatic N) is 2. The van der Waals surface area contributed by atoms with Gasteiger partial charge in [-0.2, -0.15) is 5.10 Å². The van der Waals surface area contributed by atoms with Gasteiger partial charge in [0.05, 0.1) is 11.8 Å². The van der Waals surface area contributed by atoms with Crippen molar-refractivity contribution < 1.29 is 0 Å². The molecule has 0 fully saturated rings. The number of hydrogen-bond acceptors (Lipinski definition) is 3. The monoisotopic (exact) mass is 135 g/mol. The Labute approximate surface area is 59.7 Å². The predicted octanol–water partition coefficient (Wildman–Crippen LogP) is 0.287. The Morgan fingerprint density at radius 1 is 1.60 bits per heavy atom. The van der Waals surface area contributed by atoms with Crippen LogP contribution in [0.15, 0.2) is 29.4 Å². The highest BCUT2D eigenvalue weighted by Gasteiger charge is 2.19. The van der Waals surface area contributed by atoms with Gasteiger partial charge in [0.2, 0.25) is 0 Å². The standard InChI is InChI=1S/C7H9N3/c1-10-8-6-4-2-3-5-7(6)9-10/h2-6,8H,1H3. The molecule has 0 bridgehead atoms. The van der Waals surface area contributed by atoms with E-state index in [1.807, 2.05) is 25.3 Å². The van der Waals surface area contributed by atoms with Crippen molar-refractivity contribution in [3.05, 3.63) is 24.3 Å². The van der Waals surface area contributed by atoms with E-state index < -0.39 is 0 Å². The summed E-state index contributed by atoms with van der Waals surface area (Å²) < 4.78 is 0. The molecule has 1 atom stereocenters. The van der Waals surface area contributed by atoms with Gasteiger partial charge in [-0.1, -0.05) is 18.2 Å². The molecule has 0 saturated heterocycles. The minimum Gasteiger partial charge on any atom is -0.232 e. The molecular weight excluding hydrogens is 126 g/mol. The van der Waals surface area contributed by atoms with Gasteiger partial charge < -0.3 is 0 Å². The average molecular weight is 135 g/mol. The zero-order chi connectivity index (χ0) is 6.97.